The highest BCUT2D eigenvalue weighted by Gasteiger charge is 1.98. The molecule has 0 aliphatic carbocycles. The first kappa shape index (κ1) is 19.5. The molecule has 0 fully saturated rings. The molecule has 0 N–H and O–H groups in total. The molecule has 0 amide bonds. The van der Waals surface area contributed by atoms with E-state index in [1.807, 2.05) is 0 Å². The highest BCUT2D eigenvalue weighted by molar-refractivity contribution is 5.49. The summed E-state index contributed by atoms with van der Waals surface area (Å²) in [7, 11) is 0. The van der Waals surface area contributed by atoms with Crippen molar-refractivity contribution in [3.05, 3.63) is 76.9 Å². The van der Waals surface area contributed by atoms with Crippen molar-refractivity contribution < 1.29 is 0 Å². The molecular formula is C25H34. The number of rotatable bonds is 11. The van der Waals surface area contributed by atoms with Crippen molar-refractivity contribution in [1.29, 1.82) is 0 Å². The zero-order valence-corrected chi connectivity index (χ0v) is 16.1. The van der Waals surface area contributed by atoms with Crippen LogP contribution in [-0.4, -0.2) is 0 Å². The molecular weight excluding hydrogens is 300 g/mol. The number of aryl methyl sites for hydroxylation is 3. The number of allylic oxidation sites excluding steroid dienone is 1. The average Bonchev–Trinajstić information content (AvgIpc) is 2.66. The molecule has 0 bridgehead atoms. The van der Waals surface area contributed by atoms with E-state index in [-0.39, 0.29) is 0 Å². The highest BCUT2D eigenvalue weighted by Crippen LogP contribution is 2.13. The third-order valence-electron chi connectivity index (χ3n) is 4.79. The second-order valence-electron chi connectivity index (χ2n) is 7.06. The second-order valence-corrected chi connectivity index (χ2v) is 7.06. The van der Waals surface area contributed by atoms with Gasteiger partial charge in [-0.1, -0.05) is 100 Å². The molecule has 0 atom stereocenters. The number of unbranched alkanes of at least 4 members (excludes halogenated alkanes) is 4. The summed E-state index contributed by atoms with van der Waals surface area (Å²) in [6.45, 7) is 4.48. The summed E-state index contributed by atoms with van der Waals surface area (Å²) in [6.07, 6.45) is 15.7. The lowest BCUT2D eigenvalue weighted by Crippen LogP contribution is -1.93. The van der Waals surface area contributed by atoms with E-state index in [9.17, 15) is 0 Å². The maximum absolute atomic E-state index is 2.32. The zero-order chi connectivity index (χ0) is 17.7. The van der Waals surface area contributed by atoms with Gasteiger partial charge in [-0.05, 0) is 54.4 Å². The van der Waals surface area contributed by atoms with Gasteiger partial charge in [0.05, 0.1) is 0 Å². The van der Waals surface area contributed by atoms with Crippen molar-refractivity contribution in [1.82, 2.24) is 0 Å². The lowest BCUT2D eigenvalue weighted by Gasteiger charge is -2.05. The molecule has 2 aromatic carbocycles. The van der Waals surface area contributed by atoms with Crippen LogP contribution in [0.15, 0.2) is 54.6 Å². The fourth-order valence-corrected chi connectivity index (χ4v) is 3.10. The van der Waals surface area contributed by atoms with Crippen LogP contribution in [-0.2, 0) is 19.3 Å². The first-order valence-corrected chi connectivity index (χ1v) is 10.1. The van der Waals surface area contributed by atoms with Crippen molar-refractivity contribution >= 4 is 6.08 Å². The Balaban J connectivity index is 1.77. The van der Waals surface area contributed by atoms with Gasteiger partial charge in [-0.2, -0.15) is 0 Å². The molecule has 0 saturated carbocycles. The Labute approximate surface area is 155 Å². The van der Waals surface area contributed by atoms with Crippen LogP contribution in [0.4, 0.5) is 0 Å². The third-order valence-corrected chi connectivity index (χ3v) is 4.79. The Morgan fingerprint density at radius 3 is 1.72 bits per heavy atom. The van der Waals surface area contributed by atoms with E-state index in [4.69, 9.17) is 0 Å². The summed E-state index contributed by atoms with van der Waals surface area (Å²) in [5.74, 6) is 0. The lowest BCUT2D eigenvalue weighted by molar-refractivity contribution is 0.667. The van der Waals surface area contributed by atoms with E-state index in [0.29, 0.717) is 0 Å². The molecule has 0 unspecified atom stereocenters. The molecule has 0 aliphatic heterocycles. The maximum atomic E-state index is 2.32. The first-order valence-electron chi connectivity index (χ1n) is 10.1. The van der Waals surface area contributed by atoms with Crippen LogP contribution >= 0.6 is 0 Å². The van der Waals surface area contributed by atoms with Crippen molar-refractivity contribution in [2.45, 2.75) is 71.6 Å². The standard InChI is InChI=1S/C25H34/c1-3-5-7-9-11-23-14-18-25(19-15-23)21-20-24-16-12-22(13-17-24)10-8-6-4-2/h8,10,12-19H,3-7,9,11,20-21H2,1-2H3/b10-8+. The van der Waals surface area contributed by atoms with Gasteiger partial charge in [0.2, 0.25) is 0 Å². The Hall–Kier alpha value is -1.82. The van der Waals surface area contributed by atoms with Crippen LogP contribution in [0.25, 0.3) is 6.08 Å². The van der Waals surface area contributed by atoms with E-state index in [0.717, 1.165) is 19.3 Å². The van der Waals surface area contributed by atoms with Gasteiger partial charge in [0.15, 0.2) is 0 Å². The largest absolute Gasteiger partial charge is 0.0840 e. The van der Waals surface area contributed by atoms with Gasteiger partial charge in [0, 0.05) is 0 Å². The molecule has 0 nitrogen and oxygen atoms in total. The van der Waals surface area contributed by atoms with Crippen LogP contribution in [0.3, 0.4) is 0 Å². The molecule has 0 heteroatoms. The van der Waals surface area contributed by atoms with Crippen LogP contribution in [0.5, 0.6) is 0 Å². The van der Waals surface area contributed by atoms with Gasteiger partial charge in [0.1, 0.15) is 0 Å². The number of hydrogen-bond acceptors (Lipinski definition) is 0. The summed E-state index contributed by atoms with van der Waals surface area (Å²) in [5.41, 5.74) is 5.67. The molecule has 2 rings (SSSR count). The van der Waals surface area contributed by atoms with Crippen LogP contribution in [0.1, 0.15) is 74.6 Å². The monoisotopic (exact) mass is 334 g/mol. The van der Waals surface area contributed by atoms with Crippen molar-refractivity contribution in [2.24, 2.45) is 0 Å². The molecule has 2 aromatic rings. The van der Waals surface area contributed by atoms with Crippen molar-refractivity contribution in [3.8, 4) is 0 Å². The van der Waals surface area contributed by atoms with E-state index >= 15 is 0 Å². The normalized spacial score (nSPS) is 11.3. The predicted octanol–water partition coefficient (Wildman–Crippen LogP) is 7.41. The minimum absolute atomic E-state index is 1.12. The molecule has 0 saturated heterocycles. The Kier molecular flexibility index (Phi) is 9.12. The smallest absolute Gasteiger partial charge is 0.0238 e. The van der Waals surface area contributed by atoms with Crippen molar-refractivity contribution in [2.75, 3.05) is 0 Å². The fourth-order valence-electron chi connectivity index (χ4n) is 3.10. The summed E-state index contributed by atoms with van der Waals surface area (Å²) < 4.78 is 0. The van der Waals surface area contributed by atoms with Gasteiger partial charge >= 0.3 is 0 Å². The minimum atomic E-state index is 1.12. The third kappa shape index (κ3) is 7.73. The molecule has 0 heterocycles. The van der Waals surface area contributed by atoms with E-state index in [1.54, 1.807) is 0 Å². The zero-order valence-electron chi connectivity index (χ0n) is 16.1. The SMILES string of the molecule is CCC/C=C/c1ccc(CCc2ccc(CCCCCC)cc2)cc1. The highest BCUT2D eigenvalue weighted by atomic mass is 14.0. The van der Waals surface area contributed by atoms with Gasteiger partial charge < -0.3 is 0 Å². The van der Waals surface area contributed by atoms with Gasteiger partial charge in [-0.15, -0.1) is 0 Å². The average molecular weight is 335 g/mol. The fraction of sp³-hybridized carbons (Fsp3) is 0.440. The number of benzene rings is 2. The minimum Gasteiger partial charge on any atom is -0.0840 e. The molecule has 0 aliphatic rings. The molecule has 0 aromatic heterocycles. The molecule has 25 heavy (non-hydrogen) atoms. The van der Waals surface area contributed by atoms with Gasteiger partial charge in [-0.3, -0.25) is 0 Å². The molecule has 0 radical (unpaired) electrons. The van der Waals surface area contributed by atoms with Gasteiger partial charge in [-0.25, -0.2) is 0 Å². The Bertz CT molecular complexity index is 601. The molecule has 134 valence electrons. The van der Waals surface area contributed by atoms with E-state index in [1.165, 1.54) is 60.8 Å². The second kappa shape index (κ2) is 11.7. The summed E-state index contributed by atoms with van der Waals surface area (Å²) in [5, 5.41) is 0. The summed E-state index contributed by atoms with van der Waals surface area (Å²) in [4.78, 5) is 0. The Morgan fingerprint density at radius 1 is 0.600 bits per heavy atom. The van der Waals surface area contributed by atoms with Gasteiger partial charge in [0.25, 0.3) is 0 Å². The van der Waals surface area contributed by atoms with E-state index < -0.39 is 0 Å². The van der Waals surface area contributed by atoms with Crippen LogP contribution in [0, 0.1) is 0 Å². The summed E-state index contributed by atoms with van der Waals surface area (Å²) >= 11 is 0. The Morgan fingerprint density at radius 2 is 1.16 bits per heavy atom. The van der Waals surface area contributed by atoms with Crippen LogP contribution < -0.4 is 0 Å². The number of hydrogen-bond donors (Lipinski definition) is 0. The van der Waals surface area contributed by atoms with Crippen LogP contribution in [0.2, 0.25) is 0 Å². The lowest BCUT2D eigenvalue weighted by atomic mass is 10.0. The topological polar surface area (TPSA) is 0 Å². The summed E-state index contributed by atoms with van der Waals surface area (Å²) in [6, 6.07) is 18.3. The predicted molar refractivity (Wildman–Crippen MR) is 112 cm³/mol. The molecule has 0 spiro atoms. The first-order chi connectivity index (χ1) is 12.3. The maximum Gasteiger partial charge on any atom is -0.0238 e. The quantitative estimate of drug-likeness (QED) is 0.375. The van der Waals surface area contributed by atoms with Crippen molar-refractivity contribution in [3.63, 3.8) is 0 Å². The van der Waals surface area contributed by atoms with E-state index in [2.05, 4.69) is 74.5 Å².